The van der Waals surface area contributed by atoms with Crippen molar-refractivity contribution in [1.82, 2.24) is 24.4 Å². The molecule has 2 aromatic heterocycles. The fourth-order valence-corrected chi connectivity index (χ4v) is 1.58. The molecule has 2 rings (SSSR count). The van der Waals surface area contributed by atoms with E-state index in [9.17, 15) is 0 Å². The van der Waals surface area contributed by atoms with Gasteiger partial charge in [-0.3, -0.25) is 9.55 Å². The summed E-state index contributed by atoms with van der Waals surface area (Å²) in [4.78, 5) is 15.0. The van der Waals surface area contributed by atoms with Crippen LogP contribution in [0.3, 0.4) is 0 Å². The van der Waals surface area contributed by atoms with E-state index in [2.05, 4.69) is 25.2 Å². The molecule has 0 spiro atoms. The third-order valence-electron chi connectivity index (χ3n) is 2.56. The SMILES string of the molecule is Cc1nccn1-c1cncc(NCCN(C)C)n1. The molecule has 0 amide bonds. The first-order chi connectivity index (χ1) is 8.66. The molecule has 0 aliphatic heterocycles. The fourth-order valence-electron chi connectivity index (χ4n) is 1.58. The first kappa shape index (κ1) is 12.5. The second kappa shape index (κ2) is 5.59. The van der Waals surface area contributed by atoms with Gasteiger partial charge in [0.15, 0.2) is 5.82 Å². The van der Waals surface area contributed by atoms with Crippen molar-refractivity contribution in [2.75, 3.05) is 32.5 Å². The standard InChI is InChI=1S/C12H18N6/c1-10-14-5-7-18(10)12-9-13-8-11(16-12)15-4-6-17(2)3/h5,7-9H,4,6H2,1-3H3,(H,15,16). The lowest BCUT2D eigenvalue weighted by Crippen LogP contribution is -2.21. The van der Waals surface area contributed by atoms with E-state index >= 15 is 0 Å². The smallest absolute Gasteiger partial charge is 0.159 e. The zero-order valence-electron chi connectivity index (χ0n) is 11.0. The quantitative estimate of drug-likeness (QED) is 0.851. The van der Waals surface area contributed by atoms with Crippen molar-refractivity contribution in [3.8, 4) is 5.82 Å². The third kappa shape index (κ3) is 3.04. The van der Waals surface area contributed by atoms with Crippen LogP contribution in [0.15, 0.2) is 24.8 Å². The number of hydrogen-bond donors (Lipinski definition) is 1. The van der Waals surface area contributed by atoms with E-state index in [1.54, 1.807) is 18.6 Å². The lowest BCUT2D eigenvalue weighted by Gasteiger charge is -2.11. The number of nitrogens with zero attached hydrogens (tertiary/aromatic N) is 5. The van der Waals surface area contributed by atoms with Crippen molar-refractivity contribution in [2.45, 2.75) is 6.92 Å². The van der Waals surface area contributed by atoms with Crippen LogP contribution in [0.25, 0.3) is 5.82 Å². The number of imidazole rings is 1. The molecule has 0 aromatic carbocycles. The largest absolute Gasteiger partial charge is 0.367 e. The molecular formula is C12H18N6. The molecule has 0 saturated carbocycles. The normalized spacial score (nSPS) is 10.9. The molecule has 0 aliphatic rings. The Balaban J connectivity index is 2.08. The van der Waals surface area contributed by atoms with Crippen LogP contribution in [-0.2, 0) is 0 Å². The van der Waals surface area contributed by atoms with Gasteiger partial charge in [-0.2, -0.15) is 0 Å². The molecule has 0 saturated heterocycles. The van der Waals surface area contributed by atoms with Crippen LogP contribution in [0.4, 0.5) is 5.82 Å². The molecule has 0 aliphatic carbocycles. The summed E-state index contributed by atoms with van der Waals surface area (Å²) in [5.41, 5.74) is 0. The van der Waals surface area contributed by atoms with Gasteiger partial charge in [0.2, 0.25) is 0 Å². The van der Waals surface area contributed by atoms with Crippen molar-refractivity contribution in [3.05, 3.63) is 30.6 Å². The molecule has 6 heteroatoms. The molecule has 0 atom stereocenters. The predicted octanol–water partition coefficient (Wildman–Crippen LogP) is 0.944. The van der Waals surface area contributed by atoms with Crippen LogP contribution < -0.4 is 5.32 Å². The summed E-state index contributed by atoms with van der Waals surface area (Å²) in [7, 11) is 4.08. The van der Waals surface area contributed by atoms with Gasteiger partial charge in [0.25, 0.3) is 0 Å². The van der Waals surface area contributed by atoms with Crippen molar-refractivity contribution >= 4 is 5.82 Å². The summed E-state index contributed by atoms with van der Waals surface area (Å²) < 4.78 is 1.91. The Kier molecular flexibility index (Phi) is 3.88. The van der Waals surface area contributed by atoms with Gasteiger partial charge in [0, 0.05) is 25.5 Å². The highest BCUT2D eigenvalue weighted by molar-refractivity contribution is 5.36. The average molecular weight is 246 g/mol. The minimum absolute atomic E-state index is 0.778. The maximum Gasteiger partial charge on any atom is 0.159 e. The molecule has 18 heavy (non-hydrogen) atoms. The highest BCUT2D eigenvalue weighted by Crippen LogP contribution is 2.08. The molecule has 0 bridgehead atoms. The maximum absolute atomic E-state index is 4.50. The van der Waals surface area contributed by atoms with Gasteiger partial charge in [0.05, 0.1) is 12.4 Å². The average Bonchev–Trinajstić information content (AvgIpc) is 2.75. The van der Waals surface area contributed by atoms with Crippen molar-refractivity contribution < 1.29 is 0 Å². The van der Waals surface area contributed by atoms with E-state index in [1.807, 2.05) is 31.8 Å². The maximum atomic E-state index is 4.50. The minimum Gasteiger partial charge on any atom is -0.367 e. The van der Waals surface area contributed by atoms with Gasteiger partial charge in [-0.05, 0) is 21.0 Å². The zero-order chi connectivity index (χ0) is 13.0. The number of anilines is 1. The van der Waals surface area contributed by atoms with Crippen LogP contribution in [0.5, 0.6) is 0 Å². The number of rotatable bonds is 5. The Bertz CT molecular complexity index is 505. The summed E-state index contributed by atoms with van der Waals surface area (Å²) in [6.07, 6.45) is 7.09. The monoisotopic (exact) mass is 246 g/mol. The zero-order valence-corrected chi connectivity index (χ0v) is 11.0. The molecule has 0 unspecified atom stereocenters. The highest BCUT2D eigenvalue weighted by Gasteiger charge is 2.03. The third-order valence-corrected chi connectivity index (χ3v) is 2.56. The Morgan fingerprint density at radius 1 is 1.33 bits per heavy atom. The van der Waals surface area contributed by atoms with Crippen LogP contribution in [0, 0.1) is 6.92 Å². The molecule has 2 aromatic rings. The van der Waals surface area contributed by atoms with E-state index in [0.717, 1.165) is 30.5 Å². The fraction of sp³-hybridized carbons (Fsp3) is 0.417. The molecule has 0 radical (unpaired) electrons. The van der Waals surface area contributed by atoms with E-state index < -0.39 is 0 Å². The van der Waals surface area contributed by atoms with Crippen molar-refractivity contribution in [2.24, 2.45) is 0 Å². The number of hydrogen-bond acceptors (Lipinski definition) is 5. The number of nitrogens with one attached hydrogen (secondary N) is 1. The second-order valence-electron chi connectivity index (χ2n) is 4.34. The summed E-state index contributed by atoms with van der Waals surface area (Å²) in [5, 5.41) is 3.25. The molecule has 6 nitrogen and oxygen atoms in total. The Morgan fingerprint density at radius 3 is 2.83 bits per heavy atom. The first-order valence-corrected chi connectivity index (χ1v) is 5.88. The topological polar surface area (TPSA) is 58.9 Å². The van der Waals surface area contributed by atoms with Gasteiger partial charge < -0.3 is 10.2 Å². The molecule has 0 fully saturated rings. The minimum atomic E-state index is 0.778. The Morgan fingerprint density at radius 2 is 2.17 bits per heavy atom. The predicted molar refractivity (Wildman–Crippen MR) is 70.9 cm³/mol. The van der Waals surface area contributed by atoms with Gasteiger partial charge in [-0.25, -0.2) is 9.97 Å². The first-order valence-electron chi connectivity index (χ1n) is 5.88. The summed E-state index contributed by atoms with van der Waals surface area (Å²) in [6.45, 7) is 3.73. The lowest BCUT2D eigenvalue weighted by atomic mass is 10.5. The summed E-state index contributed by atoms with van der Waals surface area (Å²) in [5.74, 6) is 2.46. The molecule has 1 N–H and O–H groups in total. The van der Waals surface area contributed by atoms with Gasteiger partial charge in [0.1, 0.15) is 11.6 Å². The second-order valence-corrected chi connectivity index (χ2v) is 4.34. The van der Waals surface area contributed by atoms with Crippen LogP contribution in [0.1, 0.15) is 5.82 Å². The molecule has 96 valence electrons. The highest BCUT2D eigenvalue weighted by atomic mass is 15.2. The number of likely N-dealkylation sites (N-methyl/N-ethyl adjacent to an activating group) is 1. The lowest BCUT2D eigenvalue weighted by molar-refractivity contribution is 0.425. The van der Waals surface area contributed by atoms with E-state index in [-0.39, 0.29) is 0 Å². The van der Waals surface area contributed by atoms with Crippen LogP contribution in [0.2, 0.25) is 0 Å². The van der Waals surface area contributed by atoms with Gasteiger partial charge in [-0.1, -0.05) is 0 Å². The van der Waals surface area contributed by atoms with Crippen LogP contribution in [-0.4, -0.2) is 51.6 Å². The van der Waals surface area contributed by atoms with Crippen LogP contribution >= 0.6 is 0 Å². The molecular weight excluding hydrogens is 228 g/mol. The Hall–Kier alpha value is -1.95. The number of aromatic nitrogens is 4. The number of aryl methyl sites for hydroxylation is 1. The van der Waals surface area contributed by atoms with Crippen molar-refractivity contribution in [1.29, 1.82) is 0 Å². The van der Waals surface area contributed by atoms with E-state index in [0.29, 0.717) is 0 Å². The van der Waals surface area contributed by atoms with E-state index in [4.69, 9.17) is 0 Å². The van der Waals surface area contributed by atoms with Gasteiger partial charge >= 0.3 is 0 Å². The van der Waals surface area contributed by atoms with Gasteiger partial charge in [-0.15, -0.1) is 0 Å². The summed E-state index contributed by atoms with van der Waals surface area (Å²) in [6, 6.07) is 0. The van der Waals surface area contributed by atoms with E-state index in [1.165, 1.54) is 0 Å². The summed E-state index contributed by atoms with van der Waals surface area (Å²) >= 11 is 0. The Labute approximate surface area is 107 Å². The van der Waals surface area contributed by atoms with Crippen molar-refractivity contribution in [3.63, 3.8) is 0 Å². The molecule has 2 heterocycles.